The molecule has 0 bridgehead atoms. The lowest BCUT2D eigenvalue weighted by Gasteiger charge is -2.29. The molecule has 0 aliphatic carbocycles. The van der Waals surface area contributed by atoms with E-state index in [4.69, 9.17) is 0 Å². The molecule has 0 spiro atoms. The first-order valence-corrected chi connectivity index (χ1v) is 11.7. The average Bonchev–Trinajstić information content (AvgIpc) is 2.71. The van der Waals surface area contributed by atoms with E-state index in [1.165, 1.54) is 11.1 Å². The fourth-order valence-corrected chi connectivity index (χ4v) is 3.94. The van der Waals surface area contributed by atoms with Crippen LogP contribution in [0, 0.1) is 19.8 Å². The lowest BCUT2D eigenvalue weighted by atomic mass is 10.1. The molecule has 1 N–H and O–H groups in total. The Balaban J connectivity index is 2.05. The molecule has 0 saturated carbocycles. The standard InChI is InChI=1S/C25H34N2O2S/c1-18(2)14-26-25(29)21(5)27(15-23-8-6-7-20(4)13-23)24(28)17-30-16-22-11-9-19(3)10-12-22/h6-13,18,21H,14-17H2,1-5H3,(H,26,29). The Morgan fingerprint density at radius 1 is 0.967 bits per heavy atom. The van der Waals surface area contributed by atoms with Gasteiger partial charge >= 0.3 is 0 Å². The highest BCUT2D eigenvalue weighted by molar-refractivity contribution is 7.99. The molecule has 2 aromatic carbocycles. The summed E-state index contributed by atoms with van der Waals surface area (Å²) in [6.45, 7) is 11.1. The molecule has 0 fully saturated rings. The zero-order chi connectivity index (χ0) is 22.1. The Morgan fingerprint density at radius 2 is 1.67 bits per heavy atom. The van der Waals surface area contributed by atoms with Crippen molar-refractivity contribution in [2.24, 2.45) is 5.92 Å². The normalized spacial score (nSPS) is 11.9. The van der Waals surface area contributed by atoms with E-state index in [0.29, 0.717) is 24.8 Å². The Bertz CT molecular complexity index is 833. The van der Waals surface area contributed by atoms with Gasteiger partial charge in [0.05, 0.1) is 5.75 Å². The summed E-state index contributed by atoms with van der Waals surface area (Å²) in [7, 11) is 0. The molecule has 4 nitrogen and oxygen atoms in total. The minimum Gasteiger partial charge on any atom is -0.354 e. The lowest BCUT2D eigenvalue weighted by Crippen LogP contribution is -2.48. The highest BCUT2D eigenvalue weighted by Crippen LogP contribution is 2.17. The number of hydrogen-bond donors (Lipinski definition) is 1. The second-order valence-electron chi connectivity index (χ2n) is 8.30. The van der Waals surface area contributed by atoms with Crippen LogP contribution in [-0.2, 0) is 21.9 Å². The number of amides is 2. The van der Waals surface area contributed by atoms with Crippen molar-refractivity contribution in [2.45, 2.75) is 53.0 Å². The maximum absolute atomic E-state index is 13.1. The molecule has 1 atom stereocenters. The van der Waals surface area contributed by atoms with Gasteiger partial charge in [-0.25, -0.2) is 0 Å². The van der Waals surface area contributed by atoms with Gasteiger partial charge in [0.15, 0.2) is 0 Å². The summed E-state index contributed by atoms with van der Waals surface area (Å²) in [5.74, 6) is 1.38. The molecule has 2 aromatic rings. The molecule has 0 saturated heterocycles. The van der Waals surface area contributed by atoms with Gasteiger partial charge in [-0.3, -0.25) is 9.59 Å². The molecule has 2 rings (SSSR count). The predicted molar refractivity (Wildman–Crippen MR) is 126 cm³/mol. The lowest BCUT2D eigenvalue weighted by molar-refractivity contribution is -0.138. The van der Waals surface area contributed by atoms with Crippen molar-refractivity contribution in [3.63, 3.8) is 0 Å². The van der Waals surface area contributed by atoms with E-state index in [9.17, 15) is 9.59 Å². The van der Waals surface area contributed by atoms with Gasteiger partial charge < -0.3 is 10.2 Å². The van der Waals surface area contributed by atoms with Crippen molar-refractivity contribution >= 4 is 23.6 Å². The van der Waals surface area contributed by atoms with Gasteiger partial charge in [0.1, 0.15) is 6.04 Å². The van der Waals surface area contributed by atoms with E-state index in [2.05, 4.69) is 56.4 Å². The molecule has 30 heavy (non-hydrogen) atoms. The largest absolute Gasteiger partial charge is 0.354 e. The molecular weight excluding hydrogens is 392 g/mol. The van der Waals surface area contributed by atoms with Crippen molar-refractivity contribution in [2.75, 3.05) is 12.3 Å². The number of thioether (sulfide) groups is 1. The van der Waals surface area contributed by atoms with E-state index >= 15 is 0 Å². The van der Waals surface area contributed by atoms with Crippen LogP contribution in [0.5, 0.6) is 0 Å². The molecule has 1 unspecified atom stereocenters. The first-order valence-electron chi connectivity index (χ1n) is 10.5. The second-order valence-corrected chi connectivity index (χ2v) is 9.29. The van der Waals surface area contributed by atoms with Gasteiger partial charge in [-0.2, -0.15) is 0 Å². The minimum atomic E-state index is -0.517. The van der Waals surface area contributed by atoms with Crippen LogP contribution < -0.4 is 5.32 Å². The molecule has 2 amide bonds. The number of nitrogens with one attached hydrogen (secondary N) is 1. The van der Waals surface area contributed by atoms with Gasteiger partial charge in [0, 0.05) is 18.8 Å². The van der Waals surface area contributed by atoms with Crippen molar-refractivity contribution in [1.29, 1.82) is 0 Å². The van der Waals surface area contributed by atoms with Crippen LogP contribution in [0.15, 0.2) is 48.5 Å². The third-order valence-electron chi connectivity index (χ3n) is 4.90. The van der Waals surface area contributed by atoms with Gasteiger partial charge in [-0.15, -0.1) is 11.8 Å². The number of carbonyl (C=O) groups is 2. The second kappa shape index (κ2) is 11.8. The zero-order valence-electron chi connectivity index (χ0n) is 18.8. The zero-order valence-corrected chi connectivity index (χ0v) is 19.6. The van der Waals surface area contributed by atoms with Crippen LogP contribution in [-0.4, -0.2) is 35.1 Å². The van der Waals surface area contributed by atoms with Crippen molar-refractivity contribution in [3.8, 4) is 0 Å². The summed E-state index contributed by atoms with van der Waals surface area (Å²) < 4.78 is 0. The Morgan fingerprint density at radius 3 is 2.30 bits per heavy atom. The van der Waals surface area contributed by atoms with Crippen molar-refractivity contribution in [3.05, 3.63) is 70.8 Å². The van der Waals surface area contributed by atoms with Crippen LogP contribution in [0.1, 0.15) is 43.0 Å². The number of rotatable bonds is 10. The van der Waals surface area contributed by atoms with E-state index in [0.717, 1.165) is 16.9 Å². The van der Waals surface area contributed by atoms with Gasteiger partial charge in [-0.05, 0) is 37.8 Å². The highest BCUT2D eigenvalue weighted by Gasteiger charge is 2.26. The number of carbonyl (C=O) groups excluding carboxylic acids is 2. The van der Waals surface area contributed by atoms with Gasteiger partial charge in [0.2, 0.25) is 11.8 Å². The molecule has 0 aliphatic rings. The van der Waals surface area contributed by atoms with Crippen LogP contribution in [0.4, 0.5) is 0 Å². The number of aryl methyl sites for hydroxylation is 2. The Labute approximate surface area is 185 Å². The van der Waals surface area contributed by atoms with Crippen molar-refractivity contribution < 1.29 is 9.59 Å². The molecule has 0 heterocycles. The van der Waals surface area contributed by atoms with Gasteiger partial charge in [0.25, 0.3) is 0 Å². The van der Waals surface area contributed by atoms with Crippen LogP contribution in [0.25, 0.3) is 0 Å². The summed E-state index contributed by atoms with van der Waals surface area (Å²) in [5, 5.41) is 2.96. The van der Waals surface area contributed by atoms with E-state index < -0.39 is 6.04 Å². The summed E-state index contributed by atoms with van der Waals surface area (Å²) in [4.78, 5) is 27.5. The van der Waals surface area contributed by atoms with E-state index in [1.54, 1.807) is 16.7 Å². The van der Waals surface area contributed by atoms with Crippen LogP contribution in [0.2, 0.25) is 0 Å². The first kappa shape index (κ1) is 24.0. The molecule has 162 valence electrons. The smallest absolute Gasteiger partial charge is 0.242 e. The van der Waals surface area contributed by atoms with E-state index in [1.807, 2.05) is 32.0 Å². The minimum absolute atomic E-state index is 0.0131. The fraction of sp³-hybridized carbons (Fsp3) is 0.440. The topological polar surface area (TPSA) is 49.4 Å². The first-order chi connectivity index (χ1) is 14.3. The third-order valence-corrected chi connectivity index (χ3v) is 5.89. The summed E-state index contributed by atoms with van der Waals surface area (Å²) in [6.07, 6.45) is 0. The average molecular weight is 427 g/mol. The SMILES string of the molecule is Cc1ccc(CSCC(=O)N(Cc2cccc(C)c2)C(C)C(=O)NCC(C)C)cc1. The maximum atomic E-state index is 13.1. The summed E-state index contributed by atoms with van der Waals surface area (Å²) >= 11 is 1.59. The molecule has 0 radical (unpaired) electrons. The highest BCUT2D eigenvalue weighted by atomic mass is 32.2. The van der Waals surface area contributed by atoms with Crippen LogP contribution >= 0.6 is 11.8 Å². The molecule has 0 aliphatic heterocycles. The monoisotopic (exact) mass is 426 g/mol. The van der Waals surface area contributed by atoms with Crippen molar-refractivity contribution in [1.82, 2.24) is 10.2 Å². The maximum Gasteiger partial charge on any atom is 0.242 e. The van der Waals surface area contributed by atoms with Gasteiger partial charge in [-0.1, -0.05) is 73.5 Å². The summed E-state index contributed by atoms with van der Waals surface area (Å²) in [6, 6.07) is 15.9. The summed E-state index contributed by atoms with van der Waals surface area (Å²) in [5.41, 5.74) is 4.61. The van der Waals surface area contributed by atoms with E-state index in [-0.39, 0.29) is 11.8 Å². The number of hydrogen-bond acceptors (Lipinski definition) is 3. The Kier molecular flexibility index (Phi) is 9.44. The quantitative estimate of drug-likeness (QED) is 0.598. The number of nitrogens with zero attached hydrogens (tertiary/aromatic N) is 1. The number of benzene rings is 2. The fourth-order valence-electron chi connectivity index (χ4n) is 3.07. The van der Waals surface area contributed by atoms with Crippen LogP contribution in [0.3, 0.4) is 0 Å². The third kappa shape index (κ3) is 7.86. The Hall–Kier alpha value is -2.27. The predicted octanol–water partition coefficient (Wildman–Crippen LogP) is 4.73. The molecule has 0 aromatic heterocycles. The molecule has 5 heteroatoms. The molecular formula is C25H34N2O2S.